The maximum absolute atomic E-state index is 13.1. The van der Waals surface area contributed by atoms with Crippen LogP contribution in [-0.4, -0.2) is 34.2 Å². The van der Waals surface area contributed by atoms with Crippen LogP contribution in [0.1, 0.15) is 26.3 Å². The Morgan fingerprint density at radius 2 is 2.13 bits per heavy atom. The molecule has 1 aromatic carbocycles. The van der Waals surface area contributed by atoms with Crippen molar-refractivity contribution >= 4 is 11.6 Å². The Balaban J connectivity index is 1.88. The molecule has 1 heterocycles. The second kappa shape index (κ2) is 6.91. The van der Waals surface area contributed by atoms with E-state index in [4.69, 9.17) is 0 Å². The van der Waals surface area contributed by atoms with Crippen molar-refractivity contribution in [2.24, 2.45) is 0 Å². The zero-order chi connectivity index (χ0) is 17.0. The highest BCUT2D eigenvalue weighted by atomic mass is 19.1. The molecule has 1 aromatic heterocycles. The number of rotatable bonds is 5. The number of carbonyl (C=O) groups is 1. The molecule has 0 radical (unpaired) electrons. The van der Waals surface area contributed by atoms with Crippen molar-refractivity contribution in [2.45, 2.75) is 32.9 Å². The Hall–Kier alpha value is -2.21. The Bertz CT molecular complexity index is 675. The molecule has 1 N–H and O–H groups in total. The van der Waals surface area contributed by atoms with Crippen LogP contribution in [0.25, 0.3) is 0 Å². The number of nitrogens with one attached hydrogen (secondary N) is 1. The van der Waals surface area contributed by atoms with Gasteiger partial charge in [-0.3, -0.25) is 14.4 Å². The van der Waals surface area contributed by atoms with Crippen LogP contribution in [0.5, 0.6) is 0 Å². The van der Waals surface area contributed by atoms with E-state index in [1.165, 1.54) is 12.1 Å². The lowest BCUT2D eigenvalue weighted by Gasteiger charge is -2.19. The van der Waals surface area contributed by atoms with Gasteiger partial charge in [0.2, 0.25) is 5.91 Å². The molecule has 0 saturated heterocycles. The van der Waals surface area contributed by atoms with Gasteiger partial charge in [-0.1, -0.05) is 6.07 Å². The third kappa shape index (κ3) is 5.17. The van der Waals surface area contributed by atoms with Gasteiger partial charge >= 0.3 is 0 Å². The molecule has 23 heavy (non-hydrogen) atoms. The molecule has 0 fully saturated rings. The molecule has 124 valence electrons. The topological polar surface area (TPSA) is 50.2 Å². The van der Waals surface area contributed by atoms with E-state index in [-0.39, 0.29) is 23.8 Å². The molecule has 0 bridgehead atoms. The van der Waals surface area contributed by atoms with Crippen molar-refractivity contribution in [1.82, 2.24) is 14.7 Å². The van der Waals surface area contributed by atoms with Crippen LogP contribution in [-0.2, 0) is 16.9 Å². The minimum absolute atomic E-state index is 0.0639. The number of carbonyl (C=O) groups excluding carboxylic acids is 1. The molecule has 2 aromatic rings. The molecular formula is C17H23FN4O. The third-order valence-corrected chi connectivity index (χ3v) is 3.30. The smallest absolute Gasteiger partial charge is 0.238 e. The van der Waals surface area contributed by atoms with Crippen LogP contribution in [0, 0.1) is 5.82 Å². The van der Waals surface area contributed by atoms with Gasteiger partial charge in [0.25, 0.3) is 0 Å². The summed E-state index contributed by atoms with van der Waals surface area (Å²) in [6.45, 7) is 7.09. The number of amides is 1. The monoisotopic (exact) mass is 318 g/mol. The molecule has 0 aliphatic heterocycles. The van der Waals surface area contributed by atoms with Gasteiger partial charge in [0.1, 0.15) is 5.82 Å². The molecule has 2 rings (SSSR count). The maximum atomic E-state index is 13.1. The standard InChI is InChI=1S/C17H23FN4O/c1-17(2,3)22-11-13(9-19-22)10-21(4)12-16(23)20-15-7-5-6-14(18)8-15/h5-9,11H,10,12H2,1-4H3,(H,20,23). The SMILES string of the molecule is CN(CC(=O)Nc1cccc(F)c1)Cc1cnn(C(C)(C)C)c1. The van der Waals surface area contributed by atoms with E-state index < -0.39 is 0 Å². The first kappa shape index (κ1) is 17.1. The minimum atomic E-state index is -0.370. The van der Waals surface area contributed by atoms with Crippen LogP contribution < -0.4 is 5.32 Å². The van der Waals surface area contributed by atoms with Crippen molar-refractivity contribution in [3.8, 4) is 0 Å². The maximum Gasteiger partial charge on any atom is 0.238 e. The highest BCUT2D eigenvalue weighted by molar-refractivity contribution is 5.92. The van der Waals surface area contributed by atoms with Crippen LogP contribution in [0.4, 0.5) is 10.1 Å². The molecule has 0 aliphatic carbocycles. The fourth-order valence-electron chi connectivity index (χ4n) is 2.19. The zero-order valence-corrected chi connectivity index (χ0v) is 14.0. The van der Waals surface area contributed by atoms with Gasteiger partial charge in [-0.2, -0.15) is 5.10 Å². The Kier molecular flexibility index (Phi) is 5.15. The first-order valence-electron chi connectivity index (χ1n) is 7.52. The van der Waals surface area contributed by atoms with Crippen LogP contribution in [0.3, 0.4) is 0 Å². The third-order valence-electron chi connectivity index (χ3n) is 3.30. The Labute approximate surface area is 136 Å². The van der Waals surface area contributed by atoms with Crippen molar-refractivity contribution in [3.63, 3.8) is 0 Å². The van der Waals surface area contributed by atoms with E-state index in [1.54, 1.807) is 12.1 Å². The van der Waals surface area contributed by atoms with Gasteiger partial charge in [0.05, 0.1) is 18.3 Å². The predicted molar refractivity (Wildman–Crippen MR) is 88.6 cm³/mol. The summed E-state index contributed by atoms with van der Waals surface area (Å²) >= 11 is 0. The summed E-state index contributed by atoms with van der Waals surface area (Å²) in [5.41, 5.74) is 1.44. The quantitative estimate of drug-likeness (QED) is 0.922. The molecule has 5 nitrogen and oxygen atoms in total. The van der Waals surface area contributed by atoms with E-state index in [9.17, 15) is 9.18 Å². The van der Waals surface area contributed by atoms with E-state index in [0.717, 1.165) is 5.56 Å². The van der Waals surface area contributed by atoms with Crippen LogP contribution in [0.15, 0.2) is 36.7 Å². The van der Waals surface area contributed by atoms with Crippen molar-refractivity contribution in [3.05, 3.63) is 48.0 Å². The first-order chi connectivity index (χ1) is 10.7. The number of aromatic nitrogens is 2. The van der Waals surface area contributed by atoms with E-state index in [1.807, 2.05) is 29.0 Å². The molecule has 0 spiro atoms. The zero-order valence-electron chi connectivity index (χ0n) is 14.0. The number of benzene rings is 1. The Morgan fingerprint density at radius 3 is 2.74 bits per heavy atom. The summed E-state index contributed by atoms with van der Waals surface area (Å²) in [6.07, 6.45) is 3.80. The van der Waals surface area contributed by atoms with Crippen molar-refractivity contribution < 1.29 is 9.18 Å². The number of hydrogen-bond donors (Lipinski definition) is 1. The van der Waals surface area contributed by atoms with E-state index in [2.05, 4.69) is 31.2 Å². The van der Waals surface area contributed by atoms with Gasteiger partial charge in [0.15, 0.2) is 0 Å². The highest BCUT2D eigenvalue weighted by Gasteiger charge is 2.15. The summed E-state index contributed by atoms with van der Waals surface area (Å²) in [6, 6.07) is 5.86. The normalized spacial score (nSPS) is 11.7. The summed E-state index contributed by atoms with van der Waals surface area (Å²) in [5.74, 6) is -0.549. The second-order valence-electron chi connectivity index (χ2n) is 6.69. The summed E-state index contributed by atoms with van der Waals surface area (Å²) in [4.78, 5) is 13.9. The number of likely N-dealkylation sites (N-methyl/N-ethyl adjacent to an activating group) is 1. The van der Waals surface area contributed by atoms with Crippen molar-refractivity contribution in [1.29, 1.82) is 0 Å². The summed E-state index contributed by atoms with van der Waals surface area (Å²) in [7, 11) is 1.86. The molecule has 0 saturated carbocycles. The predicted octanol–water partition coefficient (Wildman–Crippen LogP) is 2.85. The van der Waals surface area contributed by atoms with E-state index >= 15 is 0 Å². The van der Waals surface area contributed by atoms with Crippen LogP contribution >= 0.6 is 0 Å². The average molecular weight is 318 g/mol. The largest absolute Gasteiger partial charge is 0.325 e. The molecule has 0 atom stereocenters. The minimum Gasteiger partial charge on any atom is -0.325 e. The van der Waals surface area contributed by atoms with Gasteiger partial charge < -0.3 is 5.32 Å². The molecule has 0 unspecified atom stereocenters. The van der Waals surface area contributed by atoms with Crippen molar-refractivity contribution in [2.75, 3.05) is 18.9 Å². The van der Waals surface area contributed by atoms with Gasteiger partial charge in [-0.25, -0.2) is 4.39 Å². The number of halogens is 1. The van der Waals surface area contributed by atoms with Gasteiger partial charge in [-0.15, -0.1) is 0 Å². The fourth-order valence-corrected chi connectivity index (χ4v) is 2.19. The fraction of sp³-hybridized carbons (Fsp3) is 0.412. The molecular weight excluding hydrogens is 295 g/mol. The van der Waals surface area contributed by atoms with Gasteiger partial charge in [0, 0.05) is 24.0 Å². The lowest BCUT2D eigenvalue weighted by atomic mass is 10.1. The van der Waals surface area contributed by atoms with Crippen LogP contribution in [0.2, 0.25) is 0 Å². The highest BCUT2D eigenvalue weighted by Crippen LogP contribution is 2.14. The number of anilines is 1. The second-order valence-corrected chi connectivity index (χ2v) is 6.69. The Morgan fingerprint density at radius 1 is 1.39 bits per heavy atom. The number of hydrogen-bond acceptors (Lipinski definition) is 3. The number of nitrogens with zero attached hydrogens (tertiary/aromatic N) is 3. The molecule has 1 amide bonds. The lowest BCUT2D eigenvalue weighted by molar-refractivity contribution is -0.117. The summed E-state index contributed by atoms with van der Waals surface area (Å²) < 4.78 is 15.0. The lowest BCUT2D eigenvalue weighted by Crippen LogP contribution is -2.29. The van der Waals surface area contributed by atoms with Gasteiger partial charge in [-0.05, 0) is 46.0 Å². The average Bonchev–Trinajstić information content (AvgIpc) is 2.86. The first-order valence-corrected chi connectivity index (χ1v) is 7.52. The molecule has 0 aliphatic rings. The summed E-state index contributed by atoms with van der Waals surface area (Å²) in [5, 5.41) is 7.03. The van der Waals surface area contributed by atoms with E-state index in [0.29, 0.717) is 12.2 Å². The molecule has 6 heteroatoms.